The molecule has 1 rings (SSSR count). The standard InChI is InChI=1S/C5H10N2.BF3.FH/c1-6-3-4-7(2)5-6;2-1(3)4;/h3-4H,5H2,1-2H3;;1H/q+2;;/p-1. The molecule has 0 amide bonds. The Morgan fingerprint density at radius 1 is 1.08 bits per heavy atom. The second kappa shape index (κ2) is 6.81. The number of nitrogens with zero attached hydrogens (tertiary/aromatic N) is 2. The van der Waals surface area contributed by atoms with Gasteiger partial charge in [-0.1, -0.05) is 0 Å². The second-order valence-corrected chi connectivity index (χ2v) is 2.20. The van der Waals surface area contributed by atoms with Crippen LogP contribution in [0.2, 0.25) is 0 Å². The van der Waals surface area contributed by atoms with Crippen molar-refractivity contribution in [3.05, 3.63) is 0 Å². The fourth-order valence-electron chi connectivity index (χ4n) is 0.674. The Kier molecular flexibility index (Phi) is 7.77. The van der Waals surface area contributed by atoms with Gasteiger partial charge in [-0.2, -0.15) is 9.15 Å². The van der Waals surface area contributed by atoms with Crippen molar-refractivity contribution in [1.82, 2.24) is 0 Å². The summed E-state index contributed by atoms with van der Waals surface area (Å²) in [5, 5.41) is 0. The zero-order chi connectivity index (χ0) is 8.85. The quantitative estimate of drug-likeness (QED) is 0.219. The first-order valence-electron chi connectivity index (χ1n) is 3.03. The lowest BCUT2D eigenvalue weighted by Gasteiger charge is -1.80. The molecule has 0 spiro atoms. The molecule has 0 N–H and O–H groups in total. The molecule has 0 aromatic carbocycles. The van der Waals surface area contributed by atoms with Crippen LogP contribution in [-0.4, -0.2) is 49.9 Å². The van der Waals surface area contributed by atoms with Gasteiger partial charge in [0.2, 0.25) is 12.4 Å². The SMILES string of the molecule is C[N+]1=CC=[N+](C)C1.FB(F)F.[F-]. The minimum absolute atomic E-state index is 0. The highest BCUT2D eigenvalue weighted by molar-refractivity contribution is 6.33. The molecule has 0 saturated heterocycles. The molecule has 0 saturated carbocycles. The van der Waals surface area contributed by atoms with Gasteiger partial charge in [0.1, 0.15) is 14.1 Å². The Labute approximate surface area is 68.6 Å². The van der Waals surface area contributed by atoms with Crippen LogP contribution in [0.3, 0.4) is 0 Å². The second-order valence-electron chi connectivity index (χ2n) is 2.20. The normalized spacial score (nSPS) is 13.4. The molecule has 0 unspecified atom stereocenters. The van der Waals surface area contributed by atoms with E-state index < -0.39 is 7.54 Å². The monoisotopic (exact) mass is 185 g/mol. The maximum atomic E-state index is 9.67. The molecular formula is C5H10BF4N2+. The van der Waals surface area contributed by atoms with Crippen molar-refractivity contribution in [3.8, 4) is 0 Å². The molecule has 0 aliphatic carbocycles. The number of halogens is 4. The van der Waals surface area contributed by atoms with Crippen LogP contribution in [0, 0.1) is 0 Å². The van der Waals surface area contributed by atoms with E-state index in [2.05, 4.69) is 35.7 Å². The summed E-state index contributed by atoms with van der Waals surface area (Å²) in [4.78, 5) is 0. The van der Waals surface area contributed by atoms with Gasteiger partial charge in [0.15, 0.2) is 0 Å². The van der Waals surface area contributed by atoms with Crippen LogP contribution in [0.1, 0.15) is 0 Å². The average Bonchev–Trinajstić information content (AvgIpc) is 2.13. The van der Waals surface area contributed by atoms with E-state index in [0.717, 1.165) is 6.67 Å². The summed E-state index contributed by atoms with van der Waals surface area (Å²) in [5.41, 5.74) is 0. The van der Waals surface area contributed by atoms with Crippen LogP contribution in [0.25, 0.3) is 0 Å². The van der Waals surface area contributed by atoms with Gasteiger partial charge in [-0.3, -0.25) is 12.9 Å². The molecular weight excluding hydrogens is 175 g/mol. The van der Waals surface area contributed by atoms with E-state index in [1.807, 2.05) is 0 Å². The molecule has 7 heteroatoms. The molecule has 0 fully saturated rings. The summed E-state index contributed by atoms with van der Waals surface area (Å²) in [6.07, 6.45) is 4.11. The van der Waals surface area contributed by atoms with Crippen molar-refractivity contribution < 1.29 is 26.8 Å². The Balaban J connectivity index is 0. The number of hydrogen-bond donors (Lipinski definition) is 0. The number of rotatable bonds is 0. The Morgan fingerprint density at radius 2 is 1.33 bits per heavy atom. The van der Waals surface area contributed by atoms with Crippen LogP contribution >= 0.6 is 0 Å². The van der Waals surface area contributed by atoms with Crippen LogP contribution < -0.4 is 4.70 Å². The molecule has 0 bridgehead atoms. The van der Waals surface area contributed by atoms with E-state index in [1.165, 1.54) is 0 Å². The summed E-state index contributed by atoms with van der Waals surface area (Å²) >= 11 is 0. The molecule has 0 atom stereocenters. The first kappa shape index (κ1) is 13.7. The van der Waals surface area contributed by atoms with Gasteiger partial charge < -0.3 is 4.70 Å². The van der Waals surface area contributed by atoms with Gasteiger partial charge in [0.25, 0.3) is 0 Å². The van der Waals surface area contributed by atoms with E-state index >= 15 is 0 Å². The van der Waals surface area contributed by atoms with E-state index in [9.17, 15) is 12.9 Å². The van der Waals surface area contributed by atoms with Gasteiger partial charge >= 0.3 is 14.2 Å². The predicted octanol–water partition coefficient (Wildman–Crippen LogP) is -2.73. The maximum absolute atomic E-state index is 9.67. The smallest absolute Gasteiger partial charge is 0.762 e. The minimum atomic E-state index is -3.67. The lowest BCUT2D eigenvalue weighted by atomic mass is 10.5. The van der Waals surface area contributed by atoms with Gasteiger partial charge in [-0.05, 0) is 0 Å². The van der Waals surface area contributed by atoms with E-state index in [1.54, 1.807) is 0 Å². The van der Waals surface area contributed by atoms with Crippen molar-refractivity contribution in [1.29, 1.82) is 0 Å². The highest BCUT2D eigenvalue weighted by atomic mass is 19.4. The van der Waals surface area contributed by atoms with Crippen molar-refractivity contribution in [2.45, 2.75) is 0 Å². The van der Waals surface area contributed by atoms with Crippen molar-refractivity contribution in [2.24, 2.45) is 0 Å². The maximum Gasteiger partial charge on any atom is 0.762 e. The first-order valence-corrected chi connectivity index (χ1v) is 3.03. The summed E-state index contributed by atoms with van der Waals surface area (Å²) < 4.78 is 33.2. The van der Waals surface area contributed by atoms with Gasteiger partial charge in [-0.15, -0.1) is 0 Å². The minimum Gasteiger partial charge on any atom is -1.00 e. The lowest BCUT2D eigenvalue weighted by molar-refractivity contribution is -0.686. The molecule has 70 valence electrons. The number of hydrogen-bond acceptors (Lipinski definition) is 0. The molecule has 0 aromatic rings. The summed E-state index contributed by atoms with van der Waals surface area (Å²) in [7, 11) is 0.444. The first-order chi connectivity index (χ1) is 5.02. The van der Waals surface area contributed by atoms with E-state index in [0.29, 0.717) is 0 Å². The zero-order valence-corrected chi connectivity index (χ0v) is 6.85. The highest BCUT2D eigenvalue weighted by Crippen LogP contribution is 1.80. The van der Waals surface area contributed by atoms with Crippen molar-refractivity contribution >= 4 is 20.0 Å². The largest absolute Gasteiger partial charge is 1.00 e. The highest BCUT2D eigenvalue weighted by Gasteiger charge is 2.08. The molecule has 0 radical (unpaired) electrons. The molecule has 1 heterocycles. The third-order valence-electron chi connectivity index (χ3n) is 1.02. The predicted molar refractivity (Wildman–Crippen MR) is 38.4 cm³/mol. The Bertz CT molecular complexity index is 162. The van der Waals surface area contributed by atoms with Gasteiger partial charge in [0, 0.05) is 0 Å². The average molecular weight is 185 g/mol. The summed E-state index contributed by atoms with van der Waals surface area (Å²) in [6.45, 7) is 1.03. The van der Waals surface area contributed by atoms with Crippen LogP contribution in [0.4, 0.5) is 12.9 Å². The van der Waals surface area contributed by atoms with Crippen LogP contribution in [-0.2, 0) is 0 Å². The van der Waals surface area contributed by atoms with Gasteiger partial charge in [-0.25, -0.2) is 0 Å². The fourth-order valence-corrected chi connectivity index (χ4v) is 0.674. The third-order valence-corrected chi connectivity index (χ3v) is 1.02. The molecule has 0 aromatic heterocycles. The lowest BCUT2D eigenvalue weighted by Crippen LogP contribution is -3.00. The summed E-state index contributed by atoms with van der Waals surface area (Å²) in [5.74, 6) is 0. The summed E-state index contributed by atoms with van der Waals surface area (Å²) in [6, 6.07) is 0. The van der Waals surface area contributed by atoms with Crippen molar-refractivity contribution in [3.63, 3.8) is 0 Å². The van der Waals surface area contributed by atoms with Crippen molar-refractivity contribution in [2.75, 3.05) is 20.8 Å². The van der Waals surface area contributed by atoms with Gasteiger partial charge in [0.05, 0.1) is 0 Å². The van der Waals surface area contributed by atoms with E-state index in [-0.39, 0.29) is 4.70 Å². The molecule has 2 nitrogen and oxygen atoms in total. The Morgan fingerprint density at radius 3 is 1.42 bits per heavy atom. The molecule has 1 aliphatic rings. The zero-order valence-electron chi connectivity index (χ0n) is 6.85. The van der Waals surface area contributed by atoms with E-state index in [4.69, 9.17) is 0 Å². The third kappa shape index (κ3) is 9.12. The molecule has 1 aliphatic heterocycles. The molecule has 12 heavy (non-hydrogen) atoms. The fraction of sp³-hybridized carbons (Fsp3) is 0.600. The van der Waals surface area contributed by atoms with Crippen LogP contribution in [0.5, 0.6) is 0 Å². The Hall–Kier alpha value is -0.875. The topological polar surface area (TPSA) is 6.02 Å². The van der Waals surface area contributed by atoms with Crippen LogP contribution in [0.15, 0.2) is 0 Å².